The Kier molecular flexibility index (Phi) is 6.85. The highest BCUT2D eigenvalue weighted by molar-refractivity contribution is 5.95. The van der Waals surface area contributed by atoms with Crippen LogP contribution >= 0.6 is 0 Å². The monoisotopic (exact) mass is 424 g/mol. The summed E-state index contributed by atoms with van der Waals surface area (Å²) in [5.41, 5.74) is 0.812. The summed E-state index contributed by atoms with van der Waals surface area (Å²) < 4.78 is 19.9. The number of piperidine rings is 2. The molecule has 0 radical (unpaired) electrons. The zero-order valence-electron chi connectivity index (χ0n) is 17.8. The molecule has 2 aromatic rings. The Balaban J connectivity index is 1.30. The van der Waals surface area contributed by atoms with Crippen molar-refractivity contribution in [3.63, 3.8) is 0 Å². The maximum Gasteiger partial charge on any atom is 0.256 e. The summed E-state index contributed by atoms with van der Waals surface area (Å²) in [4.78, 5) is 28.9. The molecule has 2 aromatic carbocycles. The molecule has 6 heteroatoms. The van der Waals surface area contributed by atoms with Crippen molar-refractivity contribution in [2.45, 2.75) is 32.1 Å². The highest BCUT2D eigenvalue weighted by Crippen LogP contribution is 2.22. The summed E-state index contributed by atoms with van der Waals surface area (Å²) >= 11 is 0. The molecule has 0 spiro atoms. The van der Waals surface area contributed by atoms with E-state index in [-0.39, 0.29) is 23.3 Å². The Morgan fingerprint density at radius 1 is 0.871 bits per heavy atom. The van der Waals surface area contributed by atoms with Crippen molar-refractivity contribution < 1.29 is 18.7 Å². The van der Waals surface area contributed by atoms with Crippen molar-refractivity contribution in [3.8, 4) is 5.75 Å². The van der Waals surface area contributed by atoms with Gasteiger partial charge in [-0.1, -0.05) is 12.1 Å². The van der Waals surface area contributed by atoms with Gasteiger partial charge in [0.15, 0.2) is 0 Å². The number of carbonyl (C=O) groups is 2. The Morgan fingerprint density at radius 3 is 2.32 bits per heavy atom. The molecule has 0 bridgehead atoms. The van der Waals surface area contributed by atoms with Gasteiger partial charge in [0.1, 0.15) is 11.6 Å². The molecule has 2 fully saturated rings. The van der Waals surface area contributed by atoms with Crippen LogP contribution < -0.4 is 4.74 Å². The van der Waals surface area contributed by atoms with Crippen molar-refractivity contribution >= 4 is 11.8 Å². The van der Waals surface area contributed by atoms with E-state index in [1.807, 2.05) is 29.2 Å². The molecule has 0 unspecified atom stereocenters. The highest BCUT2D eigenvalue weighted by atomic mass is 19.1. The van der Waals surface area contributed by atoms with Crippen LogP contribution in [-0.4, -0.2) is 54.4 Å². The SMILES string of the molecule is O=C(c1ccc(OC[C@@H]2CCCN(C(=O)c3ccccc3F)C2)cc1)N1CCCCC1. The second kappa shape index (κ2) is 9.94. The third kappa shape index (κ3) is 5.24. The first-order chi connectivity index (χ1) is 15.1. The van der Waals surface area contributed by atoms with Crippen molar-refractivity contribution in [2.24, 2.45) is 5.92 Å². The minimum Gasteiger partial charge on any atom is -0.493 e. The van der Waals surface area contributed by atoms with Gasteiger partial charge in [0.05, 0.1) is 12.2 Å². The van der Waals surface area contributed by atoms with E-state index in [2.05, 4.69) is 0 Å². The number of hydrogen-bond acceptors (Lipinski definition) is 3. The van der Waals surface area contributed by atoms with Crippen LogP contribution in [0.15, 0.2) is 48.5 Å². The van der Waals surface area contributed by atoms with Crippen LogP contribution in [0.2, 0.25) is 0 Å². The molecule has 4 rings (SSSR count). The summed E-state index contributed by atoms with van der Waals surface area (Å²) in [6.07, 6.45) is 5.18. The minimum absolute atomic E-state index is 0.0841. The van der Waals surface area contributed by atoms with Gasteiger partial charge >= 0.3 is 0 Å². The smallest absolute Gasteiger partial charge is 0.256 e. The summed E-state index contributed by atoms with van der Waals surface area (Å²) in [6.45, 7) is 3.35. The van der Waals surface area contributed by atoms with Gasteiger partial charge < -0.3 is 14.5 Å². The van der Waals surface area contributed by atoms with Crippen LogP contribution in [0, 0.1) is 11.7 Å². The maximum atomic E-state index is 14.0. The van der Waals surface area contributed by atoms with Gasteiger partial charge in [-0.05, 0) is 68.5 Å². The molecule has 2 saturated heterocycles. The van der Waals surface area contributed by atoms with Crippen LogP contribution in [0.1, 0.15) is 52.8 Å². The standard InChI is InChI=1S/C25H29FN2O3/c26-23-9-3-2-8-22(23)25(30)28-16-6-7-19(17-28)18-31-21-12-10-20(11-13-21)24(29)27-14-4-1-5-15-27/h2-3,8-13,19H,1,4-7,14-18H2/t19-/m1/s1. The summed E-state index contributed by atoms with van der Waals surface area (Å²) in [6, 6.07) is 13.4. The molecule has 31 heavy (non-hydrogen) atoms. The predicted octanol–water partition coefficient (Wildman–Crippen LogP) is 4.38. The minimum atomic E-state index is -0.481. The van der Waals surface area contributed by atoms with Crippen molar-refractivity contribution in [1.82, 2.24) is 9.80 Å². The molecule has 164 valence electrons. The van der Waals surface area contributed by atoms with Crippen LogP contribution in [0.4, 0.5) is 4.39 Å². The van der Waals surface area contributed by atoms with Gasteiger partial charge in [0.2, 0.25) is 0 Å². The third-order valence-corrected chi connectivity index (χ3v) is 6.14. The number of rotatable bonds is 5. The van der Waals surface area contributed by atoms with E-state index in [1.54, 1.807) is 17.0 Å². The Hall–Kier alpha value is -2.89. The fourth-order valence-electron chi connectivity index (χ4n) is 4.38. The lowest BCUT2D eigenvalue weighted by Crippen LogP contribution is -2.41. The van der Waals surface area contributed by atoms with E-state index in [1.165, 1.54) is 18.6 Å². The normalized spacial score (nSPS) is 19.2. The van der Waals surface area contributed by atoms with Crippen LogP contribution in [0.25, 0.3) is 0 Å². The first-order valence-electron chi connectivity index (χ1n) is 11.2. The Labute approximate surface area is 182 Å². The van der Waals surface area contributed by atoms with Crippen molar-refractivity contribution in [1.29, 1.82) is 0 Å². The topological polar surface area (TPSA) is 49.9 Å². The molecule has 5 nitrogen and oxygen atoms in total. The van der Waals surface area contributed by atoms with Crippen molar-refractivity contribution in [3.05, 3.63) is 65.5 Å². The average Bonchev–Trinajstić information content (AvgIpc) is 2.83. The fourth-order valence-corrected chi connectivity index (χ4v) is 4.38. The second-order valence-corrected chi connectivity index (χ2v) is 8.43. The molecule has 2 heterocycles. The lowest BCUT2D eigenvalue weighted by molar-refractivity contribution is 0.0628. The van der Waals surface area contributed by atoms with Crippen molar-refractivity contribution in [2.75, 3.05) is 32.8 Å². The molecule has 1 atom stereocenters. The maximum absolute atomic E-state index is 14.0. The number of benzene rings is 2. The van der Waals surface area contributed by atoms with Crippen LogP contribution in [0.3, 0.4) is 0 Å². The zero-order chi connectivity index (χ0) is 21.6. The Bertz CT molecular complexity index is 909. The van der Waals surface area contributed by atoms with Gasteiger partial charge in [-0.15, -0.1) is 0 Å². The van der Waals surface area contributed by atoms with E-state index in [9.17, 15) is 14.0 Å². The number of ether oxygens (including phenoxy) is 1. The quantitative estimate of drug-likeness (QED) is 0.716. The van der Waals surface area contributed by atoms with E-state index in [0.717, 1.165) is 38.8 Å². The van der Waals surface area contributed by atoms with Gasteiger partial charge in [0.25, 0.3) is 11.8 Å². The molecule has 2 amide bonds. The molecule has 0 N–H and O–H groups in total. The number of likely N-dealkylation sites (tertiary alicyclic amines) is 2. The van der Waals surface area contributed by atoms with Gasteiger partial charge in [-0.2, -0.15) is 0 Å². The third-order valence-electron chi connectivity index (χ3n) is 6.14. The molecule has 0 aromatic heterocycles. The number of carbonyl (C=O) groups excluding carboxylic acids is 2. The largest absolute Gasteiger partial charge is 0.493 e. The van der Waals surface area contributed by atoms with E-state index in [4.69, 9.17) is 4.74 Å². The number of amides is 2. The molecule has 2 aliphatic heterocycles. The van der Waals surface area contributed by atoms with E-state index < -0.39 is 5.82 Å². The predicted molar refractivity (Wildman–Crippen MR) is 117 cm³/mol. The first-order valence-corrected chi connectivity index (χ1v) is 11.2. The van der Waals surface area contributed by atoms with Crippen LogP contribution in [-0.2, 0) is 0 Å². The number of halogens is 1. The zero-order valence-corrected chi connectivity index (χ0v) is 17.8. The van der Waals surface area contributed by atoms with E-state index >= 15 is 0 Å². The first kappa shape index (κ1) is 21.3. The molecular weight excluding hydrogens is 395 g/mol. The fraction of sp³-hybridized carbons (Fsp3) is 0.440. The molecular formula is C25H29FN2O3. The summed E-state index contributed by atoms with van der Waals surface area (Å²) in [7, 11) is 0. The lowest BCUT2D eigenvalue weighted by Gasteiger charge is -2.32. The second-order valence-electron chi connectivity index (χ2n) is 8.43. The molecule has 0 saturated carbocycles. The van der Waals surface area contributed by atoms with Crippen LogP contribution in [0.5, 0.6) is 5.75 Å². The number of nitrogens with zero attached hydrogens (tertiary/aromatic N) is 2. The summed E-state index contributed by atoms with van der Waals surface area (Å²) in [5, 5.41) is 0. The number of hydrogen-bond donors (Lipinski definition) is 0. The molecule has 0 aliphatic carbocycles. The van der Waals surface area contributed by atoms with Gasteiger partial charge in [-0.25, -0.2) is 4.39 Å². The van der Waals surface area contributed by atoms with Gasteiger partial charge in [0, 0.05) is 37.7 Å². The molecule has 2 aliphatic rings. The Morgan fingerprint density at radius 2 is 1.58 bits per heavy atom. The van der Waals surface area contributed by atoms with Gasteiger partial charge in [-0.3, -0.25) is 9.59 Å². The lowest BCUT2D eigenvalue weighted by atomic mass is 9.98. The average molecular weight is 425 g/mol. The highest BCUT2D eigenvalue weighted by Gasteiger charge is 2.26. The van der Waals surface area contributed by atoms with E-state index in [0.29, 0.717) is 31.0 Å². The summed E-state index contributed by atoms with van der Waals surface area (Å²) in [5.74, 6) is 0.251.